The number of nitrogens with zero attached hydrogens (tertiary/aromatic N) is 4. The first-order valence-corrected chi connectivity index (χ1v) is 9.68. The van der Waals surface area contributed by atoms with Crippen LogP contribution in [0.2, 0.25) is 0 Å². The third-order valence-corrected chi connectivity index (χ3v) is 4.64. The van der Waals surface area contributed by atoms with Crippen LogP contribution < -0.4 is 10.1 Å². The van der Waals surface area contributed by atoms with Crippen LogP contribution in [0.1, 0.15) is 43.2 Å². The van der Waals surface area contributed by atoms with E-state index in [4.69, 9.17) is 4.74 Å². The highest BCUT2D eigenvalue weighted by Gasteiger charge is 2.26. The van der Waals surface area contributed by atoms with E-state index in [1.807, 2.05) is 44.2 Å². The van der Waals surface area contributed by atoms with Crippen molar-refractivity contribution in [3.63, 3.8) is 0 Å². The Balaban J connectivity index is 1.54. The lowest BCUT2D eigenvalue weighted by Crippen LogP contribution is -2.43. The monoisotopic (exact) mass is 385 g/mol. The highest BCUT2D eigenvalue weighted by Crippen LogP contribution is 2.21. The fraction of sp³-hybridized carbons (Fsp3) is 0.500. The van der Waals surface area contributed by atoms with E-state index >= 15 is 0 Å². The fourth-order valence-corrected chi connectivity index (χ4v) is 3.10. The third-order valence-electron chi connectivity index (χ3n) is 4.64. The van der Waals surface area contributed by atoms with Gasteiger partial charge in [0.2, 0.25) is 0 Å². The molecule has 28 heavy (non-hydrogen) atoms. The quantitative estimate of drug-likeness (QED) is 0.786. The van der Waals surface area contributed by atoms with Gasteiger partial charge in [0.15, 0.2) is 12.3 Å². The SMILES string of the molecule is CC(C)CNC(=O)c1cn(C2CCCN(C(=O)COc3ccccc3)C2)nn1. The molecule has 2 heterocycles. The zero-order chi connectivity index (χ0) is 19.9. The number of benzene rings is 1. The summed E-state index contributed by atoms with van der Waals surface area (Å²) in [7, 11) is 0. The van der Waals surface area contributed by atoms with Gasteiger partial charge in [0.1, 0.15) is 5.75 Å². The molecule has 1 atom stereocenters. The van der Waals surface area contributed by atoms with Gasteiger partial charge in [0.05, 0.1) is 12.2 Å². The Hall–Kier alpha value is -2.90. The molecule has 0 radical (unpaired) electrons. The summed E-state index contributed by atoms with van der Waals surface area (Å²) in [6.45, 7) is 5.91. The van der Waals surface area contributed by atoms with Crippen LogP contribution in [-0.2, 0) is 4.79 Å². The van der Waals surface area contributed by atoms with Gasteiger partial charge in [-0.25, -0.2) is 4.68 Å². The number of nitrogens with one attached hydrogen (secondary N) is 1. The summed E-state index contributed by atoms with van der Waals surface area (Å²) in [5.74, 6) is 0.774. The maximum atomic E-state index is 12.5. The molecular formula is C20H27N5O3. The van der Waals surface area contributed by atoms with Crippen molar-refractivity contribution >= 4 is 11.8 Å². The summed E-state index contributed by atoms with van der Waals surface area (Å²) in [5, 5.41) is 10.9. The number of ether oxygens (including phenoxy) is 1. The van der Waals surface area contributed by atoms with Crippen molar-refractivity contribution in [2.24, 2.45) is 5.92 Å². The molecule has 1 unspecified atom stereocenters. The summed E-state index contributed by atoms with van der Waals surface area (Å²) in [5.41, 5.74) is 0.302. The molecule has 2 amide bonds. The molecule has 1 aliphatic rings. The standard InChI is InChI=1S/C20H27N5O3/c1-15(2)11-21-20(27)18-13-25(23-22-18)16-7-6-10-24(12-16)19(26)14-28-17-8-4-3-5-9-17/h3-5,8-9,13,15-16H,6-7,10-12,14H2,1-2H3,(H,21,27). The average molecular weight is 385 g/mol. The van der Waals surface area contributed by atoms with Gasteiger partial charge in [-0.05, 0) is 30.9 Å². The topological polar surface area (TPSA) is 89.4 Å². The van der Waals surface area contributed by atoms with Crippen LogP contribution in [0.15, 0.2) is 36.5 Å². The zero-order valence-corrected chi connectivity index (χ0v) is 16.4. The minimum atomic E-state index is -0.222. The second-order valence-corrected chi connectivity index (χ2v) is 7.43. The highest BCUT2D eigenvalue weighted by atomic mass is 16.5. The summed E-state index contributed by atoms with van der Waals surface area (Å²) >= 11 is 0. The van der Waals surface area contributed by atoms with Gasteiger partial charge in [0, 0.05) is 19.6 Å². The molecular weight excluding hydrogens is 358 g/mol. The molecule has 1 N–H and O–H groups in total. The number of carbonyl (C=O) groups is 2. The lowest BCUT2D eigenvalue weighted by atomic mass is 10.1. The smallest absolute Gasteiger partial charge is 0.273 e. The van der Waals surface area contributed by atoms with Crippen molar-refractivity contribution in [2.75, 3.05) is 26.2 Å². The predicted molar refractivity (Wildman–Crippen MR) is 104 cm³/mol. The van der Waals surface area contributed by atoms with Crippen molar-refractivity contribution < 1.29 is 14.3 Å². The Kier molecular flexibility index (Phi) is 6.62. The summed E-state index contributed by atoms with van der Waals surface area (Å²) in [6, 6.07) is 9.31. The Morgan fingerprint density at radius 2 is 2.07 bits per heavy atom. The van der Waals surface area contributed by atoms with Crippen molar-refractivity contribution in [3.8, 4) is 5.75 Å². The maximum absolute atomic E-state index is 12.5. The number of amides is 2. The summed E-state index contributed by atoms with van der Waals surface area (Å²) in [4.78, 5) is 26.4. The molecule has 1 fully saturated rings. The largest absolute Gasteiger partial charge is 0.484 e. The van der Waals surface area contributed by atoms with Gasteiger partial charge >= 0.3 is 0 Å². The van der Waals surface area contributed by atoms with E-state index in [2.05, 4.69) is 15.6 Å². The molecule has 1 aromatic carbocycles. The molecule has 0 aliphatic carbocycles. The van der Waals surface area contributed by atoms with Crippen molar-refractivity contribution in [3.05, 3.63) is 42.2 Å². The van der Waals surface area contributed by atoms with Crippen LogP contribution in [0, 0.1) is 5.92 Å². The van der Waals surface area contributed by atoms with Crippen LogP contribution in [0.4, 0.5) is 0 Å². The lowest BCUT2D eigenvalue weighted by Gasteiger charge is -2.32. The van der Waals surface area contributed by atoms with Crippen molar-refractivity contribution in [1.82, 2.24) is 25.2 Å². The first-order valence-electron chi connectivity index (χ1n) is 9.68. The van der Waals surface area contributed by atoms with Crippen LogP contribution in [0.3, 0.4) is 0 Å². The number of aromatic nitrogens is 3. The minimum absolute atomic E-state index is 0.00794. The number of carbonyl (C=O) groups excluding carboxylic acids is 2. The number of rotatable bonds is 7. The molecule has 1 aliphatic heterocycles. The van der Waals surface area contributed by atoms with Gasteiger partial charge in [-0.1, -0.05) is 37.3 Å². The number of hydrogen-bond donors (Lipinski definition) is 1. The summed E-state index contributed by atoms with van der Waals surface area (Å²) in [6.07, 6.45) is 3.42. The first kappa shape index (κ1) is 19.9. The van der Waals surface area contributed by atoms with E-state index in [0.29, 0.717) is 37.0 Å². The Labute approximate surface area is 164 Å². The van der Waals surface area contributed by atoms with Crippen LogP contribution >= 0.6 is 0 Å². The van der Waals surface area contributed by atoms with E-state index in [1.165, 1.54) is 0 Å². The van der Waals surface area contributed by atoms with E-state index in [0.717, 1.165) is 12.8 Å². The fourth-order valence-electron chi connectivity index (χ4n) is 3.10. The zero-order valence-electron chi connectivity index (χ0n) is 16.4. The maximum Gasteiger partial charge on any atom is 0.273 e. The molecule has 1 aromatic heterocycles. The summed E-state index contributed by atoms with van der Waals surface area (Å²) < 4.78 is 7.26. The third kappa shape index (κ3) is 5.31. The molecule has 2 aromatic rings. The molecule has 0 bridgehead atoms. The number of para-hydroxylation sites is 1. The van der Waals surface area contributed by atoms with E-state index in [-0.39, 0.29) is 24.5 Å². The van der Waals surface area contributed by atoms with Gasteiger partial charge < -0.3 is 15.0 Å². The van der Waals surface area contributed by atoms with Gasteiger partial charge in [-0.3, -0.25) is 9.59 Å². The van der Waals surface area contributed by atoms with Crippen molar-refractivity contribution in [2.45, 2.75) is 32.7 Å². The van der Waals surface area contributed by atoms with E-state index in [9.17, 15) is 9.59 Å². The Morgan fingerprint density at radius 3 is 2.82 bits per heavy atom. The van der Waals surface area contributed by atoms with E-state index in [1.54, 1.807) is 15.8 Å². The molecule has 0 spiro atoms. The first-order chi connectivity index (χ1) is 13.5. The molecule has 0 saturated carbocycles. The Morgan fingerprint density at radius 1 is 1.29 bits per heavy atom. The van der Waals surface area contributed by atoms with Crippen LogP contribution in [0.5, 0.6) is 5.75 Å². The molecule has 150 valence electrons. The highest BCUT2D eigenvalue weighted by molar-refractivity contribution is 5.91. The minimum Gasteiger partial charge on any atom is -0.484 e. The Bertz CT molecular complexity index is 790. The number of likely N-dealkylation sites (tertiary alicyclic amines) is 1. The van der Waals surface area contributed by atoms with Gasteiger partial charge in [-0.15, -0.1) is 5.10 Å². The normalized spacial score (nSPS) is 16.8. The number of piperidine rings is 1. The van der Waals surface area contributed by atoms with Gasteiger partial charge in [0.25, 0.3) is 11.8 Å². The second kappa shape index (κ2) is 9.34. The van der Waals surface area contributed by atoms with Crippen molar-refractivity contribution in [1.29, 1.82) is 0 Å². The molecule has 8 nitrogen and oxygen atoms in total. The predicted octanol–water partition coefficient (Wildman–Crippen LogP) is 1.91. The molecule has 1 saturated heterocycles. The van der Waals surface area contributed by atoms with Gasteiger partial charge in [-0.2, -0.15) is 0 Å². The number of hydrogen-bond acceptors (Lipinski definition) is 5. The molecule has 3 rings (SSSR count). The second-order valence-electron chi connectivity index (χ2n) is 7.43. The van der Waals surface area contributed by atoms with E-state index < -0.39 is 0 Å². The van der Waals surface area contributed by atoms with Crippen LogP contribution in [-0.4, -0.2) is 57.9 Å². The van der Waals surface area contributed by atoms with Crippen LogP contribution in [0.25, 0.3) is 0 Å². The lowest BCUT2D eigenvalue weighted by molar-refractivity contribution is -0.135. The average Bonchev–Trinajstić information content (AvgIpc) is 3.21. The molecule has 8 heteroatoms.